The highest BCUT2D eigenvalue weighted by Crippen LogP contribution is 2.32. The molecule has 2 atom stereocenters. The fourth-order valence-electron chi connectivity index (χ4n) is 3.40. The van der Waals surface area contributed by atoms with Crippen molar-refractivity contribution in [2.24, 2.45) is 0 Å². The third kappa shape index (κ3) is 4.69. The Bertz CT molecular complexity index is 1090. The first-order valence-corrected chi connectivity index (χ1v) is 10.5. The Morgan fingerprint density at radius 3 is 2.32 bits per heavy atom. The number of amides is 1. The van der Waals surface area contributed by atoms with E-state index >= 15 is 0 Å². The van der Waals surface area contributed by atoms with Crippen LogP contribution in [0.3, 0.4) is 0 Å². The van der Waals surface area contributed by atoms with Gasteiger partial charge in [-0.25, -0.2) is 9.50 Å². The SMILES string of the molecule is CCC(C)c1ccc(C(CC)NC(=O)c2nn3c(C(F)(F)F)cc(C)nc3c2Cl)cc1. The predicted octanol–water partition coefficient (Wildman–Crippen LogP) is 6.10. The Labute approximate surface area is 183 Å². The lowest BCUT2D eigenvalue weighted by atomic mass is 9.95. The second kappa shape index (κ2) is 8.86. The smallest absolute Gasteiger partial charge is 0.344 e. The summed E-state index contributed by atoms with van der Waals surface area (Å²) in [6, 6.07) is 8.49. The summed E-state index contributed by atoms with van der Waals surface area (Å²) in [5.74, 6) is -0.224. The van der Waals surface area contributed by atoms with Gasteiger partial charge in [0.1, 0.15) is 10.7 Å². The summed E-state index contributed by atoms with van der Waals surface area (Å²) >= 11 is 6.22. The Morgan fingerprint density at radius 2 is 1.77 bits per heavy atom. The van der Waals surface area contributed by atoms with Crippen LogP contribution in [0.5, 0.6) is 0 Å². The Kier molecular flexibility index (Phi) is 6.59. The molecule has 0 spiro atoms. The molecule has 31 heavy (non-hydrogen) atoms. The van der Waals surface area contributed by atoms with Crippen molar-refractivity contribution in [2.45, 2.75) is 58.7 Å². The number of aromatic nitrogens is 3. The van der Waals surface area contributed by atoms with E-state index in [0.29, 0.717) is 16.9 Å². The zero-order valence-electron chi connectivity index (χ0n) is 17.7. The number of carbonyl (C=O) groups is 1. The molecule has 3 aromatic rings. The summed E-state index contributed by atoms with van der Waals surface area (Å²) in [6.07, 6.45) is -3.06. The average molecular weight is 453 g/mol. The van der Waals surface area contributed by atoms with Crippen LogP contribution in [0.25, 0.3) is 5.65 Å². The third-order valence-corrected chi connectivity index (χ3v) is 5.75. The topological polar surface area (TPSA) is 59.3 Å². The van der Waals surface area contributed by atoms with Crippen molar-refractivity contribution in [3.63, 3.8) is 0 Å². The van der Waals surface area contributed by atoms with Gasteiger partial charge >= 0.3 is 6.18 Å². The molecule has 0 saturated heterocycles. The fraction of sp³-hybridized carbons (Fsp3) is 0.409. The van der Waals surface area contributed by atoms with Crippen LogP contribution in [-0.2, 0) is 6.18 Å². The van der Waals surface area contributed by atoms with E-state index in [9.17, 15) is 18.0 Å². The normalized spacial score (nSPS) is 13.9. The van der Waals surface area contributed by atoms with Crippen molar-refractivity contribution >= 4 is 23.2 Å². The lowest BCUT2D eigenvalue weighted by Gasteiger charge is -2.18. The van der Waals surface area contributed by atoms with Crippen molar-refractivity contribution < 1.29 is 18.0 Å². The van der Waals surface area contributed by atoms with Crippen molar-refractivity contribution in [2.75, 3.05) is 0 Å². The van der Waals surface area contributed by atoms with Crippen LogP contribution in [0.15, 0.2) is 30.3 Å². The number of halogens is 4. The maximum Gasteiger partial charge on any atom is 0.433 e. The van der Waals surface area contributed by atoms with Crippen LogP contribution >= 0.6 is 11.6 Å². The minimum atomic E-state index is -4.67. The first-order chi connectivity index (χ1) is 14.6. The summed E-state index contributed by atoms with van der Waals surface area (Å²) in [7, 11) is 0. The van der Waals surface area contributed by atoms with Crippen LogP contribution < -0.4 is 5.32 Å². The van der Waals surface area contributed by atoms with E-state index in [1.165, 1.54) is 12.5 Å². The van der Waals surface area contributed by atoms with Crippen molar-refractivity contribution in [1.29, 1.82) is 0 Å². The number of hydrogen-bond donors (Lipinski definition) is 1. The molecule has 2 heterocycles. The second-order valence-corrected chi connectivity index (χ2v) is 7.97. The number of carbonyl (C=O) groups excluding carboxylic acids is 1. The van der Waals surface area contributed by atoms with Gasteiger partial charge in [-0.2, -0.15) is 18.3 Å². The highest BCUT2D eigenvalue weighted by Gasteiger charge is 2.36. The van der Waals surface area contributed by atoms with Gasteiger partial charge in [-0.3, -0.25) is 4.79 Å². The van der Waals surface area contributed by atoms with Gasteiger partial charge in [-0.15, -0.1) is 0 Å². The van der Waals surface area contributed by atoms with Gasteiger partial charge in [-0.1, -0.05) is 56.6 Å². The fourth-order valence-corrected chi connectivity index (χ4v) is 3.65. The van der Waals surface area contributed by atoms with Gasteiger partial charge in [0.15, 0.2) is 11.3 Å². The van der Waals surface area contributed by atoms with Crippen molar-refractivity contribution in [1.82, 2.24) is 19.9 Å². The number of aryl methyl sites for hydroxylation is 1. The largest absolute Gasteiger partial charge is 0.433 e. The van der Waals surface area contributed by atoms with Gasteiger partial charge in [0.2, 0.25) is 0 Å². The molecule has 0 fully saturated rings. The summed E-state index contributed by atoms with van der Waals surface area (Å²) in [4.78, 5) is 16.9. The molecule has 1 aromatic carbocycles. The van der Waals surface area contributed by atoms with Crippen molar-refractivity contribution in [3.8, 4) is 0 Å². The summed E-state index contributed by atoms with van der Waals surface area (Å²) in [5, 5.41) is 6.45. The molecule has 166 valence electrons. The number of alkyl halides is 3. The lowest BCUT2D eigenvalue weighted by Crippen LogP contribution is -2.28. The molecule has 2 unspecified atom stereocenters. The van der Waals surface area contributed by atoms with Crippen LogP contribution in [0.2, 0.25) is 5.02 Å². The van der Waals surface area contributed by atoms with E-state index in [0.717, 1.165) is 18.1 Å². The summed E-state index contributed by atoms with van der Waals surface area (Å²) in [6.45, 7) is 7.59. The molecule has 0 saturated carbocycles. The molecular weight excluding hydrogens is 429 g/mol. The van der Waals surface area contributed by atoms with Crippen molar-refractivity contribution in [3.05, 3.63) is 63.6 Å². The molecule has 2 aromatic heterocycles. The van der Waals surface area contributed by atoms with Gasteiger partial charge < -0.3 is 5.32 Å². The quantitative estimate of drug-likeness (QED) is 0.491. The summed E-state index contributed by atoms with van der Waals surface area (Å²) < 4.78 is 40.8. The maximum atomic E-state index is 13.4. The number of rotatable bonds is 6. The third-order valence-electron chi connectivity index (χ3n) is 5.40. The first kappa shape index (κ1) is 23.1. The Balaban J connectivity index is 1.92. The van der Waals surface area contributed by atoms with Crippen LogP contribution in [0, 0.1) is 6.92 Å². The molecule has 9 heteroatoms. The maximum absolute atomic E-state index is 13.4. The molecule has 0 aliphatic carbocycles. The standard InChI is InChI=1S/C22H24ClF3N4O/c1-5-12(3)14-7-9-15(10-8-14)16(6-2)28-21(31)19-18(23)20-27-13(4)11-17(22(24,25)26)30(20)29-19/h7-12,16H,5-6H2,1-4H3,(H,28,31). The minimum absolute atomic E-state index is 0.126. The lowest BCUT2D eigenvalue weighted by molar-refractivity contribution is -0.142. The Morgan fingerprint density at radius 1 is 1.16 bits per heavy atom. The van der Waals surface area contributed by atoms with Gasteiger partial charge in [0.05, 0.1) is 6.04 Å². The highest BCUT2D eigenvalue weighted by atomic mass is 35.5. The molecular formula is C22H24ClF3N4O. The number of hydrogen-bond acceptors (Lipinski definition) is 3. The molecule has 5 nitrogen and oxygen atoms in total. The zero-order chi connectivity index (χ0) is 22.9. The number of nitrogens with one attached hydrogen (secondary N) is 1. The molecule has 0 aliphatic rings. The summed E-state index contributed by atoms with van der Waals surface area (Å²) in [5.41, 5.74) is 0.694. The van der Waals surface area contributed by atoms with E-state index < -0.39 is 17.8 Å². The molecule has 3 rings (SSSR count). The zero-order valence-corrected chi connectivity index (χ0v) is 18.5. The van der Waals surface area contributed by atoms with Gasteiger partial charge in [0, 0.05) is 5.69 Å². The first-order valence-electron chi connectivity index (χ1n) is 10.1. The Hall–Kier alpha value is -2.61. The molecule has 0 aliphatic heterocycles. The number of fused-ring (bicyclic) bond motifs is 1. The second-order valence-electron chi connectivity index (χ2n) is 7.59. The van der Waals surface area contributed by atoms with Crippen LogP contribution in [-0.4, -0.2) is 20.5 Å². The highest BCUT2D eigenvalue weighted by molar-refractivity contribution is 6.36. The monoisotopic (exact) mass is 452 g/mol. The average Bonchev–Trinajstić information content (AvgIpc) is 3.06. The molecule has 0 bridgehead atoms. The van der Waals surface area contributed by atoms with E-state index in [1.807, 2.05) is 31.2 Å². The van der Waals surface area contributed by atoms with E-state index in [1.54, 1.807) is 0 Å². The number of nitrogens with zero attached hydrogens (tertiary/aromatic N) is 3. The number of benzene rings is 1. The van der Waals surface area contributed by atoms with Gasteiger partial charge in [-0.05, 0) is 42.9 Å². The molecule has 0 radical (unpaired) electrons. The molecule has 1 amide bonds. The molecule has 1 N–H and O–H groups in total. The van der Waals surface area contributed by atoms with E-state index in [4.69, 9.17) is 11.6 Å². The van der Waals surface area contributed by atoms with Gasteiger partial charge in [0.25, 0.3) is 5.91 Å². The van der Waals surface area contributed by atoms with Crippen LogP contribution in [0.4, 0.5) is 13.2 Å². The predicted molar refractivity (Wildman–Crippen MR) is 113 cm³/mol. The minimum Gasteiger partial charge on any atom is -0.344 e. The van der Waals surface area contributed by atoms with E-state index in [2.05, 4.69) is 29.2 Å². The van der Waals surface area contributed by atoms with E-state index in [-0.39, 0.29) is 28.1 Å². The van der Waals surface area contributed by atoms with Crippen LogP contribution in [0.1, 0.15) is 78.6 Å².